The number of aryl methyl sites for hydroxylation is 2. The Kier molecular flexibility index (Phi) is 3.57. The number of fused-ring (bicyclic) bond motifs is 1. The van der Waals surface area contributed by atoms with Crippen LogP contribution in [0.5, 0.6) is 0 Å². The van der Waals surface area contributed by atoms with Crippen molar-refractivity contribution in [3.8, 4) is 0 Å². The fourth-order valence-electron chi connectivity index (χ4n) is 3.04. The van der Waals surface area contributed by atoms with Crippen molar-refractivity contribution in [2.75, 3.05) is 0 Å². The summed E-state index contributed by atoms with van der Waals surface area (Å²) in [5.74, 6) is 0. The van der Waals surface area contributed by atoms with E-state index in [1.807, 2.05) is 45.9 Å². The molecule has 0 amide bonds. The standard InChI is InChI=1S/C17H20N2O2S/c1-11-8-12(2)14(4)17(13(11)3)22(20,21)19-9-15-6-5-7-18-16(15)10-19/h5-8H,9-10H2,1-4H3. The number of benzene rings is 1. The van der Waals surface area contributed by atoms with E-state index in [-0.39, 0.29) is 0 Å². The van der Waals surface area contributed by atoms with Crippen LogP contribution in [0.1, 0.15) is 33.5 Å². The minimum atomic E-state index is -3.52. The van der Waals surface area contributed by atoms with Crippen LogP contribution in [-0.2, 0) is 23.1 Å². The summed E-state index contributed by atoms with van der Waals surface area (Å²) < 4.78 is 27.8. The normalized spacial score (nSPS) is 15.1. The van der Waals surface area contributed by atoms with Crippen LogP contribution in [0, 0.1) is 27.7 Å². The molecule has 22 heavy (non-hydrogen) atoms. The van der Waals surface area contributed by atoms with Crippen molar-refractivity contribution in [1.29, 1.82) is 0 Å². The van der Waals surface area contributed by atoms with E-state index in [4.69, 9.17) is 0 Å². The number of pyridine rings is 1. The van der Waals surface area contributed by atoms with E-state index in [0.29, 0.717) is 18.0 Å². The number of hydrogen-bond acceptors (Lipinski definition) is 3. The molecule has 0 atom stereocenters. The lowest BCUT2D eigenvalue weighted by atomic mass is 10.0. The molecule has 1 aliphatic rings. The molecule has 0 N–H and O–H groups in total. The van der Waals surface area contributed by atoms with Gasteiger partial charge in [0.2, 0.25) is 10.0 Å². The molecular formula is C17H20N2O2S. The molecule has 4 nitrogen and oxygen atoms in total. The molecule has 2 heterocycles. The number of rotatable bonds is 2. The van der Waals surface area contributed by atoms with Crippen LogP contribution in [0.25, 0.3) is 0 Å². The van der Waals surface area contributed by atoms with Crippen molar-refractivity contribution in [3.05, 3.63) is 57.9 Å². The first-order valence-electron chi connectivity index (χ1n) is 7.32. The minimum absolute atomic E-state index is 0.352. The fraction of sp³-hybridized carbons (Fsp3) is 0.353. The minimum Gasteiger partial charge on any atom is -0.260 e. The Morgan fingerprint density at radius 2 is 1.68 bits per heavy atom. The number of nitrogens with zero attached hydrogens (tertiary/aromatic N) is 2. The lowest BCUT2D eigenvalue weighted by molar-refractivity contribution is 0.429. The summed E-state index contributed by atoms with van der Waals surface area (Å²) in [6, 6.07) is 5.84. The Hall–Kier alpha value is -1.72. The molecule has 0 bridgehead atoms. The first-order chi connectivity index (χ1) is 10.3. The Balaban J connectivity index is 2.10. The molecule has 1 aromatic carbocycles. The first-order valence-corrected chi connectivity index (χ1v) is 8.76. The molecule has 116 valence electrons. The lowest BCUT2D eigenvalue weighted by Crippen LogP contribution is -2.27. The second kappa shape index (κ2) is 5.18. The van der Waals surface area contributed by atoms with Crippen molar-refractivity contribution < 1.29 is 8.42 Å². The van der Waals surface area contributed by atoms with Crippen LogP contribution in [0.15, 0.2) is 29.3 Å². The fourth-order valence-corrected chi connectivity index (χ4v) is 4.99. The highest BCUT2D eigenvalue weighted by molar-refractivity contribution is 7.89. The zero-order chi connectivity index (χ0) is 16.1. The number of hydrogen-bond donors (Lipinski definition) is 0. The SMILES string of the molecule is Cc1cc(C)c(C)c(S(=O)(=O)N2Cc3cccnc3C2)c1C. The van der Waals surface area contributed by atoms with Gasteiger partial charge in [-0.1, -0.05) is 12.1 Å². The molecular weight excluding hydrogens is 296 g/mol. The zero-order valence-electron chi connectivity index (χ0n) is 13.3. The molecule has 5 heteroatoms. The predicted molar refractivity (Wildman–Crippen MR) is 86.1 cm³/mol. The average molecular weight is 316 g/mol. The monoisotopic (exact) mass is 316 g/mol. The van der Waals surface area contributed by atoms with E-state index in [2.05, 4.69) is 4.98 Å². The van der Waals surface area contributed by atoms with Gasteiger partial charge < -0.3 is 0 Å². The highest BCUT2D eigenvalue weighted by Crippen LogP contribution is 2.32. The third-order valence-electron chi connectivity index (χ3n) is 4.55. The molecule has 0 unspecified atom stereocenters. The van der Waals surface area contributed by atoms with Gasteiger partial charge in [0.1, 0.15) is 0 Å². The molecule has 1 aliphatic heterocycles. The average Bonchev–Trinajstić information content (AvgIpc) is 2.90. The topological polar surface area (TPSA) is 50.3 Å². The maximum atomic E-state index is 13.1. The van der Waals surface area contributed by atoms with Gasteiger partial charge in [0.15, 0.2) is 0 Å². The van der Waals surface area contributed by atoms with Crippen molar-refractivity contribution in [2.24, 2.45) is 0 Å². The Bertz CT molecular complexity index is 806. The van der Waals surface area contributed by atoms with Crippen LogP contribution in [0.4, 0.5) is 0 Å². The summed E-state index contributed by atoms with van der Waals surface area (Å²) in [7, 11) is -3.52. The molecule has 1 aromatic heterocycles. The Labute approximate surface area is 131 Å². The van der Waals surface area contributed by atoms with E-state index in [9.17, 15) is 8.42 Å². The zero-order valence-corrected chi connectivity index (χ0v) is 14.2. The van der Waals surface area contributed by atoms with Gasteiger partial charge in [0.05, 0.1) is 17.1 Å². The van der Waals surface area contributed by atoms with E-state index < -0.39 is 10.0 Å². The molecule has 0 spiro atoms. The van der Waals surface area contributed by atoms with Crippen LogP contribution in [0.2, 0.25) is 0 Å². The summed E-state index contributed by atoms with van der Waals surface area (Å²) in [5, 5.41) is 0. The van der Waals surface area contributed by atoms with Crippen LogP contribution in [0.3, 0.4) is 0 Å². The van der Waals surface area contributed by atoms with E-state index in [1.54, 1.807) is 6.20 Å². The Morgan fingerprint density at radius 3 is 2.27 bits per heavy atom. The quantitative estimate of drug-likeness (QED) is 0.856. The molecule has 3 rings (SSSR count). The second-order valence-electron chi connectivity index (χ2n) is 5.97. The lowest BCUT2D eigenvalue weighted by Gasteiger charge is -2.21. The van der Waals surface area contributed by atoms with Crippen molar-refractivity contribution in [3.63, 3.8) is 0 Å². The van der Waals surface area contributed by atoms with Crippen LogP contribution < -0.4 is 0 Å². The molecule has 0 saturated carbocycles. The third kappa shape index (κ3) is 2.25. The summed E-state index contributed by atoms with van der Waals surface area (Å²) >= 11 is 0. The van der Waals surface area contributed by atoms with Gasteiger partial charge in [-0.2, -0.15) is 4.31 Å². The largest absolute Gasteiger partial charge is 0.260 e. The van der Waals surface area contributed by atoms with Crippen molar-refractivity contribution in [2.45, 2.75) is 45.7 Å². The smallest absolute Gasteiger partial charge is 0.244 e. The van der Waals surface area contributed by atoms with Gasteiger partial charge in [-0.05, 0) is 61.6 Å². The van der Waals surface area contributed by atoms with E-state index in [0.717, 1.165) is 33.5 Å². The van der Waals surface area contributed by atoms with Gasteiger partial charge in [0, 0.05) is 12.7 Å². The highest BCUT2D eigenvalue weighted by Gasteiger charge is 2.33. The molecule has 0 radical (unpaired) electrons. The van der Waals surface area contributed by atoms with Gasteiger partial charge >= 0.3 is 0 Å². The number of sulfonamides is 1. The van der Waals surface area contributed by atoms with E-state index >= 15 is 0 Å². The second-order valence-corrected chi connectivity index (χ2v) is 7.85. The van der Waals surface area contributed by atoms with Crippen molar-refractivity contribution in [1.82, 2.24) is 9.29 Å². The molecule has 0 fully saturated rings. The maximum Gasteiger partial charge on any atom is 0.244 e. The molecule has 0 aliphatic carbocycles. The Morgan fingerprint density at radius 1 is 1.05 bits per heavy atom. The third-order valence-corrected chi connectivity index (χ3v) is 6.62. The van der Waals surface area contributed by atoms with Crippen molar-refractivity contribution >= 4 is 10.0 Å². The number of aromatic nitrogens is 1. The summed E-state index contributed by atoms with van der Waals surface area (Å²) in [5.41, 5.74) is 5.54. The van der Waals surface area contributed by atoms with Gasteiger partial charge in [-0.25, -0.2) is 8.42 Å². The maximum absolute atomic E-state index is 13.1. The van der Waals surface area contributed by atoms with Crippen LogP contribution >= 0.6 is 0 Å². The van der Waals surface area contributed by atoms with Crippen LogP contribution in [-0.4, -0.2) is 17.7 Å². The molecule has 0 saturated heterocycles. The first kappa shape index (κ1) is 15.2. The van der Waals surface area contributed by atoms with Gasteiger partial charge in [-0.3, -0.25) is 4.98 Å². The van der Waals surface area contributed by atoms with Gasteiger partial charge in [-0.15, -0.1) is 0 Å². The van der Waals surface area contributed by atoms with E-state index in [1.165, 1.54) is 4.31 Å². The van der Waals surface area contributed by atoms with Gasteiger partial charge in [0.25, 0.3) is 0 Å². The summed E-state index contributed by atoms with van der Waals surface area (Å²) in [6.07, 6.45) is 1.71. The summed E-state index contributed by atoms with van der Waals surface area (Å²) in [6.45, 7) is 8.44. The molecule has 2 aromatic rings. The highest BCUT2D eigenvalue weighted by atomic mass is 32.2. The predicted octanol–water partition coefficient (Wildman–Crippen LogP) is 3.02. The summed E-state index contributed by atoms with van der Waals surface area (Å²) in [4.78, 5) is 4.75.